The number of aromatic nitrogens is 1. The lowest BCUT2D eigenvalue weighted by Crippen LogP contribution is -2.40. The lowest BCUT2D eigenvalue weighted by atomic mass is 10.2. The molecule has 116 valence electrons. The first-order chi connectivity index (χ1) is 9.53. The third-order valence-electron chi connectivity index (χ3n) is 3.68. The third kappa shape index (κ3) is 5.02. The summed E-state index contributed by atoms with van der Waals surface area (Å²) in [6, 6.07) is 2.64. The molecule has 0 saturated heterocycles. The maximum atomic E-state index is 13.8. The molecule has 1 aromatic heterocycles. The second-order valence-electron chi connectivity index (χ2n) is 6.31. The van der Waals surface area contributed by atoms with E-state index in [0.29, 0.717) is 5.69 Å². The molecule has 0 N–H and O–H groups in total. The van der Waals surface area contributed by atoms with Crippen molar-refractivity contribution in [3.63, 3.8) is 0 Å². The van der Waals surface area contributed by atoms with Crippen LogP contribution in [0, 0.1) is 15.9 Å². The van der Waals surface area contributed by atoms with Crippen molar-refractivity contribution in [2.24, 2.45) is 0 Å². The van der Waals surface area contributed by atoms with E-state index in [1.165, 1.54) is 18.2 Å². The van der Waals surface area contributed by atoms with E-state index < -0.39 is 19.1 Å². The average molecular weight is 312 g/mol. The van der Waals surface area contributed by atoms with Crippen molar-refractivity contribution in [1.82, 2.24) is 4.98 Å². The highest BCUT2D eigenvalue weighted by atomic mass is 28.4. The Morgan fingerprint density at radius 1 is 1.43 bits per heavy atom. The summed E-state index contributed by atoms with van der Waals surface area (Å²) in [4.78, 5) is 13.8. The molecule has 0 aliphatic carbocycles. The summed E-state index contributed by atoms with van der Waals surface area (Å²) in [7, 11) is -2.00. The van der Waals surface area contributed by atoms with Crippen LogP contribution in [0.1, 0.15) is 32.2 Å². The molecule has 0 aromatic carbocycles. The van der Waals surface area contributed by atoms with Crippen LogP contribution < -0.4 is 0 Å². The topological polar surface area (TPSA) is 65.3 Å². The minimum absolute atomic E-state index is 0.0204. The molecular formula is C14H21FN2O3Si. The minimum atomic E-state index is -2.00. The van der Waals surface area contributed by atoms with E-state index in [4.69, 9.17) is 4.43 Å². The molecule has 0 aliphatic rings. The highest BCUT2D eigenvalue weighted by molar-refractivity contribution is 6.74. The van der Waals surface area contributed by atoms with Crippen molar-refractivity contribution in [3.05, 3.63) is 45.7 Å². The largest absolute Gasteiger partial charge is 0.411 e. The van der Waals surface area contributed by atoms with Gasteiger partial charge in [0.05, 0.1) is 17.2 Å². The summed E-state index contributed by atoms with van der Waals surface area (Å²) >= 11 is 0. The fraction of sp³-hybridized carbons (Fsp3) is 0.500. The first-order valence-corrected chi connectivity index (χ1v) is 9.55. The summed E-state index contributed by atoms with van der Waals surface area (Å²) in [6.45, 7) is 10.5. The molecule has 1 rings (SSSR count). The Bertz CT molecular complexity index is 554. The van der Waals surface area contributed by atoms with E-state index in [0.717, 1.165) is 6.20 Å². The Hall–Kier alpha value is -1.60. The summed E-state index contributed by atoms with van der Waals surface area (Å²) in [5, 5.41) is 10.3. The standard InChI is InChI=1S/C14H21FN2O3Si/c1-14(2,3)21(4,5)20-10-13-12(15)7-6-11(16-13)8-9-17(18)19/h6-9H,10H2,1-5H3/b9-8+. The Morgan fingerprint density at radius 2 is 2.05 bits per heavy atom. The van der Waals surface area contributed by atoms with Crippen LogP contribution in [0.25, 0.3) is 6.08 Å². The number of hydrogen-bond donors (Lipinski definition) is 0. The van der Waals surface area contributed by atoms with Gasteiger partial charge in [-0.3, -0.25) is 10.1 Å². The first kappa shape index (κ1) is 17.4. The van der Waals surface area contributed by atoms with Gasteiger partial charge in [0, 0.05) is 6.08 Å². The molecular weight excluding hydrogens is 291 g/mol. The summed E-state index contributed by atoms with van der Waals surface area (Å²) in [5.41, 5.74) is 0.507. The predicted octanol–water partition coefficient (Wildman–Crippen LogP) is 3.99. The summed E-state index contributed by atoms with van der Waals surface area (Å²) in [6.07, 6.45) is 2.01. The van der Waals surface area contributed by atoms with Gasteiger partial charge in [0.25, 0.3) is 0 Å². The Balaban J connectivity index is 2.89. The number of nitrogens with zero attached hydrogens (tertiary/aromatic N) is 2. The molecule has 0 atom stereocenters. The van der Waals surface area contributed by atoms with Gasteiger partial charge in [-0.05, 0) is 30.3 Å². The number of pyridine rings is 1. The van der Waals surface area contributed by atoms with E-state index in [-0.39, 0.29) is 17.3 Å². The number of nitro groups is 1. The highest BCUT2D eigenvalue weighted by Crippen LogP contribution is 2.37. The zero-order valence-electron chi connectivity index (χ0n) is 13.0. The lowest BCUT2D eigenvalue weighted by molar-refractivity contribution is -0.401. The van der Waals surface area contributed by atoms with Crippen LogP contribution in [0.5, 0.6) is 0 Å². The zero-order valence-corrected chi connectivity index (χ0v) is 14.0. The SMILES string of the molecule is CC(C)(C)[Si](C)(C)OCc1nc(/C=C/[N+](=O)[O-])ccc1F. The predicted molar refractivity (Wildman–Crippen MR) is 82.2 cm³/mol. The van der Waals surface area contributed by atoms with E-state index in [1.807, 2.05) is 0 Å². The zero-order chi connectivity index (χ0) is 16.3. The van der Waals surface area contributed by atoms with Crippen molar-refractivity contribution in [2.45, 2.75) is 45.5 Å². The fourth-order valence-corrected chi connectivity index (χ4v) is 2.23. The lowest BCUT2D eigenvalue weighted by Gasteiger charge is -2.36. The second-order valence-corrected chi connectivity index (χ2v) is 11.1. The van der Waals surface area contributed by atoms with Crippen molar-refractivity contribution in [3.8, 4) is 0 Å². The van der Waals surface area contributed by atoms with E-state index in [9.17, 15) is 14.5 Å². The molecule has 7 heteroatoms. The van der Waals surface area contributed by atoms with Crippen LogP contribution in [0.3, 0.4) is 0 Å². The van der Waals surface area contributed by atoms with Gasteiger partial charge in [0.15, 0.2) is 8.32 Å². The van der Waals surface area contributed by atoms with Gasteiger partial charge in [-0.25, -0.2) is 9.37 Å². The van der Waals surface area contributed by atoms with Crippen LogP contribution in [0.15, 0.2) is 18.3 Å². The molecule has 0 fully saturated rings. The van der Waals surface area contributed by atoms with Crippen molar-refractivity contribution >= 4 is 14.4 Å². The van der Waals surface area contributed by atoms with Gasteiger partial charge in [0.1, 0.15) is 11.5 Å². The summed E-state index contributed by atoms with van der Waals surface area (Å²) < 4.78 is 19.7. The Kier molecular flexibility index (Phi) is 5.35. The molecule has 0 radical (unpaired) electrons. The average Bonchev–Trinajstić information content (AvgIpc) is 2.34. The molecule has 0 unspecified atom stereocenters. The van der Waals surface area contributed by atoms with Crippen LogP contribution in [0.2, 0.25) is 18.1 Å². The van der Waals surface area contributed by atoms with Crippen LogP contribution >= 0.6 is 0 Å². The number of halogens is 1. The van der Waals surface area contributed by atoms with Gasteiger partial charge in [-0.2, -0.15) is 0 Å². The highest BCUT2D eigenvalue weighted by Gasteiger charge is 2.37. The fourth-order valence-electron chi connectivity index (χ4n) is 1.30. The maximum absolute atomic E-state index is 13.8. The molecule has 0 amide bonds. The van der Waals surface area contributed by atoms with Crippen LogP contribution in [-0.4, -0.2) is 18.2 Å². The number of rotatable bonds is 5. The maximum Gasteiger partial charge on any atom is 0.236 e. The second kappa shape index (κ2) is 6.44. The monoisotopic (exact) mass is 312 g/mol. The smallest absolute Gasteiger partial charge is 0.236 e. The van der Waals surface area contributed by atoms with Crippen molar-refractivity contribution in [2.75, 3.05) is 0 Å². The van der Waals surface area contributed by atoms with E-state index in [1.54, 1.807) is 0 Å². The van der Waals surface area contributed by atoms with Crippen LogP contribution in [0.4, 0.5) is 4.39 Å². The molecule has 5 nitrogen and oxygen atoms in total. The van der Waals surface area contributed by atoms with Crippen LogP contribution in [-0.2, 0) is 11.0 Å². The van der Waals surface area contributed by atoms with Crippen molar-refractivity contribution in [1.29, 1.82) is 0 Å². The van der Waals surface area contributed by atoms with E-state index >= 15 is 0 Å². The molecule has 1 aromatic rings. The minimum Gasteiger partial charge on any atom is -0.411 e. The quantitative estimate of drug-likeness (QED) is 0.468. The number of hydrogen-bond acceptors (Lipinski definition) is 4. The summed E-state index contributed by atoms with van der Waals surface area (Å²) in [5.74, 6) is -0.466. The van der Waals surface area contributed by atoms with Gasteiger partial charge >= 0.3 is 0 Å². The molecule has 0 aliphatic heterocycles. The Labute approximate surface area is 125 Å². The molecule has 1 heterocycles. The first-order valence-electron chi connectivity index (χ1n) is 6.64. The van der Waals surface area contributed by atoms with Crippen molar-refractivity contribution < 1.29 is 13.7 Å². The Morgan fingerprint density at radius 3 is 2.57 bits per heavy atom. The van der Waals surface area contributed by atoms with Gasteiger partial charge in [-0.15, -0.1) is 0 Å². The molecule has 0 bridgehead atoms. The molecule has 0 saturated carbocycles. The molecule has 21 heavy (non-hydrogen) atoms. The van der Waals surface area contributed by atoms with Gasteiger partial charge in [0.2, 0.25) is 6.20 Å². The van der Waals surface area contributed by atoms with Gasteiger partial charge < -0.3 is 4.43 Å². The van der Waals surface area contributed by atoms with E-state index in [2.05, 4.69) is 38.8 Å². The third-order valence-corrected chi connectivity index (χ3v) is 8.16. The normalized spacial score (nSPS) is 12.9. The molecule has 0 spiro atoms. The van der Waals surface area contributed by atoms with Gasteiger partial charge in [-0.1, -0.05) is 20.8 Å².